The van der Waals surface area contributed by atoms with E-state index in [1.165, 1.54) is 69.6 Å². The number of benzene rings is 2. The Balaban J connectivity index is 1.31. The van der Waals surface area contributed by atoms with Crippen LogP contribution in [0.25, 0.3) is 11.1 Å². The molecule has 10 heteroatoms. The molecule has 9 nitrogen and oxygen atoms in total. The van der Waals surface area contributed by atoms with Crippen LogP contribution >= 0.6 is 0 Å². The summed E-state index contributed by atoms with van der Waals surface area (Å²) >= 11 is 0. The highest BCUT2D eigenvalue weighted by atomic mass is 32.2. The van der Waals surface area contributed by atoms with Gasteiger partial charge in [-0.2, -0.15) is 0 Å². The second-order valence-corrected chi connectivity index (χ2v) is 19.9. The highest BCUT2D eigenvalue weighted by Crippen LogP contribution is 2.40. The van der Waals surface area contributed by atoms with Crippen LogP contribution in [-0.2, 0) is 26.1 Å². The number of hydrogen-bond acceptors (Lipinski definition) is 7. The van der Waals surface area contributed by atoms with Crippen LogP contribution in [0, 0.1) is 30.1 Å². The topological polar surface area (TPSA) is 99.3 Å². The molecule has 0 radical (unpaired) electrons. The first-order valence-electron chi connectivity index (χ1n) is 21.8. The normalized spacial score (nSPS) is 20.7. The van der Waals surface area contributed by atoms with Crippen molar-refractivity contribution in [2.24, 2.45) is 23.2 Å². The van der Waals surface area contributed by atoms with Gasteiger partial charge < -0.3 is 19.7 Å². The van der Waals surface area contributed by atoms with Crippen molar-refractivity contribution in [3.8, 4) is 11.1 Å². The summed E-state index contributed by atoms with van der Waals surface area (Å²) in [6.45, 7) is 17.4. The summed E-state index contributed by atoms with van der Waals surface area (Å²) in [6, 6.07) is 13.0. The average molecular weight is 793 g/mol. The van der Waals surface area contributed by atoms with E-state index in [1.807, 2.05) is 13.0 Å². The fourth-order valence-electron chi connectivity index (χ4n) is 9.55. The highest BCUT2D eigenvalue weighted by Gasteiger charge is 2.31. The van der Waals surface area contributed by atoms with E-state index in [0.29, 0.717) is 36.5 Å². The van der Waals surface area contributed by atoms with E-state index in [-0.39, 0.29) is 23.8 Å². The number of hydrogen-bond donors (Lipinski definition) is 1. The summed E-state index contributed by atoms with van der Waals surface area (Å²) in [6.07, 6.45) is 16.7. The van der Waals surface area contributed by atoms with Gasteiger partial charge in [0.05, 0.1) is 19.5 Å². The Hall–Kier alpha value is -2.79. The summed E-state index contributed by atoms with van der Waals surface area (Å²) in [5, 5.41) is 3.19. The van der Waals surface area contributed by atoms with Gasteiger partial charge in [0.25, 0.3) is 5.91 Å². The van der Waals surface area contributed by atoms with Crippen molar-refractivity contribution in [3.05, 3.63) is 53.1 Å². The number of carbonyl (C=O) groups excluding carboxylic acids is 2. The van der Waals surface area contributed by atoms with E-state index in [1.54, 1.807) is 4.31 Å². The van der Waals surface area contributed by atoms with Crippen molar-refractivity contribution in [3.63, 3.8) is 0 Å². The lowest BCUT2D eigenvalue weighted by Gasteiger charge is -2.39. The number of carbonyl (C=O) groups is 2. The molecule has 2 aromatic rings. The number of nitrogens with one attached hydrogen (secondary N) is 1. The first-order valence-corrected chi connectivity index (χ1v) is 23.6. The number of rotatable bonds is 17. The molecular weight excluding hydrogens is 721 g/mol. The van der Waals surface area contributed by atoms with Crippen LogP contribution in [0.4, 0.5) is 5.69 Å². The van der Waals surface area contributed by atoms with Gasteiger partial charge in [-0.25, -0.2) is 12.7 Å². The van der Waals surface area contributed by atoms with Crippen LogP contribution in [0.5, 0.6) is 0 Å². The van der Waals surface area contributed by atoms with Crippen molar-refractivity contribution in [2.75, 3.05) is 63.6 Å². The van der Waals surface area contributed by atoms with E-state index < -0.39 is 10.0 Å². The molecule has 56 heavy (non-hydrogen) atoms. The molecule has 1 saturated carbocycles. The highest BCUT2D eigenvalue weighted by molar-refractivity contribution is 7.88. The summed E-state index contributed by atoms with van der Waals surface area (Å²) in [4.78, 5) is 31.5. The number of morpholine rings is 1. The minimum Gasteiger partial charge on any atom is -0.379 e. The van der Waals surface area contributed by atoms with E-state index in [4.69, 9.17) is 4.74 Å². The molecular formula is C46H72N4O5S. The van der Waals surface area contributed by atoms with Gasteiger partial charge in [0.1, 0.15) is 6.29 Å². The van der Waals surface area contributed by atoms with Gasteiger partial charge in [0.2, 0.25) is 10.0 Å². The van der Waals surface area contributed by atoms with Gasteiger partial charge >= 0.3 is 0 Å². The third-order valence-electron chi connectivity index (χ3n) is 13.4. The number of anilines is 1. The summed E-state index contributed by atoms with van der Waals surface area (Å²) in [5.41, 5.74) is 6.19. The molecule has 3 unspecified atom stereocenters. The molecule has 0 aromatic heterocycles. The zero-order valence-corrected chi connectivity index (χ0v) is 36.3. The van der Waals surface area contributed by atoms with Crippen LogP contribution in [0.1, 0.15) is 126 Å². The molecule has 0 spiro atoms. The standard InChI is InChI=1S/C46H72N4O5S/c1-7-50(42-18-23-49(24-19-42)56(6,53)54)44-31-40(39-15-13-38(14-16-39)33-48-25-27-55-28-26-48)30-43(37(44)4)45(52)47-32-41(34-51)36(3)29-35(2)17-22-46(5)20-11-9-8-10-12-21-46/h13-16,30-31,34-36,41-42H,7-12,17-29,32-33H2,1-6H3,(H,47,52). The third-order valence-corrected chi connectivity index (χ3v) is 14.7. The molecule has 2 heterocycles. The average Bonchev–Trinajstić information content (AvgIpc) is 3.17. The first kappa shape index (κ1) is 44.3. The van der Waals surface area contributed by atoms with Crippen LogP contribution in [0.15, 0.2) is 36.4 Å². The Labute approximate surface area is 339 Å². The number of piperidine rings is 1. The Kier molecular flexibility index (Phi) is 16.4. The molecule has 2 aliphatic heterocycles. The number of aldehydes is 1. The Morgan fingerprint density at radius 1 is 0.982 bits per heavy atom. The number of amides is 1. The molecule has 1 amide bonds. The molecule has 3 atom stereocenters. The molecule has 1 N–H and O–H groups in total. The monoisotopic (exact) mass is 793 g/mol. The van der Waals surface area contributed by atoms with E-state index in [0.717, 1.165) is 87.3 Å². The lowest BCUT2D eigenvalue weighted by molar-refractivity contribution is -0.112. The first-order chi connectivity index (χ1) is 26.8. The van der Waals surface area contributed by atoms with E-state index in [2.05, 4.69) is 73.1 Å². The van der Waals surface area contributed by atoms with Crippen molar-refractivity contribution in [1.82, 2.24) is 14.5 Å². The van der Waals surface area contributed by atoms with Crippen molar-refractivity contribution in [2.45, 2.75) is 124 Å². The van der Waals surface area contributed by atoms with Crippen LogP contribution in [-0.4, -0.2) is 94.6 Å². The Bertz CT molecular complexity index is 1660. The van der Waals surface area contributed by atoms with Gasteiger partial charge in [0, 0.05) is 69.0 Å². The maximum Gasteiger partial charge on any atom is 0.251 e. The van der Waals surface area contributed by atoms with E-state index in [9.17, 15) is 18.0 Å². The molecule has 312 valence electrons. The van der Waals surface area contributed by atoms with Gasteiger partial charge in [-0.1, -0.05) is 83.6 Å². The maximum atomic E-state index is 14.2. The van der Waals surface area contributed by atoms with Crippen LogP contribution < -0.4 is 10.2 Å². The van der Waals surface area contributed by atoms with Gasteiger partial charge in [-0.15, -0.1) is 0 Å². The third kappa shape index (κ3) is 12.4. The van der Waals surface area contributed by atoms with Gasteiger partial charge in [0.15, 0.2) is 0 Å². The van der Waals surface area contributed by atoms with Crippen molar-refractivity contribution < 1.29 is 22.7 Å². The van der Waals surface area contributed by atoms with E-state index >= 15 is 0 Å². The Morgan fingerprint density at radius 3 is 2.23 bits per heavy atom. The second kappa shape index (κ2) is 20.8. The SMILES string of the molecule is CCN(c1cc(-c2ccc(CN3CCOCC3)cc2)cc(C(=O)NCC(C=O)C(C)CC(C)CCC2(C)CCCCCCC2)c1C)C1CCN(S(C)(=O)=O)CC1. The lowest BCUT2D eigenvalue weighted by Crippen LogP contribution is -2.47. The zero-order valence-electron chi connectivity index (χ0n) is 35.5. The predicted octanol–water partition coefficient (Wildman–Crippen LogP) is 8.48. The fraction of sp³-hybridized carbons (Fsp3) is 0.696. The largest absolute Gasteiger partial charge is 0.379 e. The minimum atomic E-state index is -3.24. The smallest absolute Gasteiger partial charge is 0.251 e. The molecule has 2 aromatic carbocycles. The van der Waals surface area contributed by atoms with Crippen molar-refractivity contribution >= 4 is 27.9 Å². The Morgan fingerprint density at radius 2 is 1.62 bits per heavy atom. The summed E-state index contributed by atoms with van der Waals surface area (Å²) in [5.74, 6) is 0.270. The molecule has 3 aliphatic rings. The number of nitrogens with zero attached hydrogens (tertiary/aromatic N) is 3. The molecule has 1 aliphatic carbocycles. The van der Waals surface area contributed by atoms with Crippen LogP contribution in [0.3, 0.4) is 0 Å². The lowest BCUT2D eigenvalue weighted by atomic mass is 9.73. The van der Waals surface area contributed by atoms with Gasteiger partial charge in [-0.05, 0) is 104 Å². The number of sulfonamides is 1. The molecule has 3 fully saturated rings. The predicted molar refractivity (Wildman–Crippen MR) is 230 cm³/mol. The molecule has 0 bridgehead atoms. The molecule has 5 rings (SSSR count). The second-order valence-electron chi connectivity index (χ2n) is 17.9. The van der Waals surface area contributed by atoms with Crippen molar-refractivity contribution in [1.29, 1.82) is 0 Å². The fourth-order valence-corrected chi connectivity index (χ4v) is 10.4. The minimum absolute atomic E-state index is 0.149. The van der Waals surface area contributed by atoms with Gasteiger partial charge in [-0.3, -0.25) is 9.69 Å². The summed E-state index contributed by atoms with van der Waals surface area (Å²) in [7, 11) is -3.24. The number of ether oxygens (including phenoxy) is 1. The van der Waals surface area contributed by atoms with Crippen LogP contribution in [0.2, 0.25) is 0 Å². The molecule has 2 saturated heterocycles. The maximum absolute atomic E-state index is 14.2. The zero-order chi connectivity index (χ0) is 40.3. The summed E-state index contributed by atoms with van der Waals surface area (Å²) < 4.78 is 31.7. The quantitative estimate of drug-likeness (QED) is 0.161.